The Morgan fingerprint density at radius 1 is 1.62 bits per heavy atom. The minimum atomic E-state index is 1.26. The molecule has 0 bridgehead atoms. The summed E-state index contributed by atoms with van der Waals surface area (Å²) in [6.45, 7) is 2.23. The highest BCUT2D eigenvalue weighted by Gasteiger charge is 2.16. The molecule has 0 spiro atoms. The predicted octanol–water partition coefficient (Wildman–Crippen LogP) is 3.23. The molecule has 0 aliphatic heterocycles. The molecule has 1 aliphatic rings. The zero-order valence-electron chi connectivity index (χ0n) is 5.21. The van der Waals surface area contributed by atoms with Crippen molar-refractivity contribution in [2.75, 3.05) is 0 Å². The average molecular weight is 175 g/mol. The first-order valence-electron chi connectivity index (χ1n) is 3.21. The van der Waals surface area contributed by atoms with Crippen LogP contribution in [0.3, 0.4) is 0 Å². The van der Waals surface area contributed by atoms with Crippen molar-refractivity contribution in [2.24, 2.45) is 0 Å². The minimum absolute atomic E-state index is 1.26. The molecule has 1 aliphatic carbocycles. The highest BCUT2D eigenvalue weighted by atomic mass is 79.9. The quantitative estimate of drug-likeness (QED) is 0.617. The molecule has 0 fully saturated rings. The smallest absolute Gasteiger partial charge is 0.00101 e. The molecule has 8 heavy (non-hydrogen) atoms. The van der Waals surface area contributed by atoms with E-state index in [2.05, 4.69) is 22.9 Å². The van der Waals surface area contributed by atoms with E-state index >= 15 is 0 Å². The van der Waals surface area contributed by atoms with Gasteiger partial charge in [0.1, 0.15) is 0 Å². The minimum Gasteiger partial charge on any atom is -0.0654 e. The second-order valence-corrected chi connectivity index (χ2v) is 3.25. The van der Waals surface area contributed by atoms with E-state index in [0.29, 0.717) is 0 Å². The van der Waals surface area contributed by atoms with Crippen LogP contribution in [0.25, 0.3) is 0 Å². The molecule has 0 nitrogen and oxygen atoms in total. The standard InChI is InChI=1S/C7H11Br/c1-2-3-4-6-5-7(6)8/h2-5H2,1H3. The monoisotopic (exact) mass is 174 g/mol. The Balaban J connectivity index is 2.05. The number of hydrogen-bond acceptors (Lipinski definition) is 0. The van der Waals surface area contributed by atoms with Gasteiger partial charge < -0.3 is 0 Å². The molecule has 0 aromatic rings. The first kappa shape index (κ1) is 6.34. The number of hydrogen-bond donors (Lipinski definition) is 0. The largest absolute Gasteiger partial charge is 0.0654 e. The van der Waals surface area contributed by atoms with E-state index in [-0.39, 0.29) is 0 Å². The maximum Gasteiger partial charge on any atom is 0.00101 e. The molecule has 1 heteroatoms. The van der Waals surface area contributed by atoms with Crippen LogP contribution in [0.15, 0.2) is 10.1 Å². The topological polar surface area (TPSA) is 0 Å². The van der Waals surface area contributed by atoms with Crippen molar-refractivity contribution in [1.29, 1.82) is 0 Å². The first-order chi connectivity index (χ1) is 3.84. The van der Waals surface area contributed by atoms with Crippen LogP contribution in [0.4, 0.5) is 0 Å². The van der Waals surface area contributed by atoms with Crippen molar-refractivity contribution < 1.29 is 0 Å². The van der Waals surface area contributed by atoms with Crippen molar-refractivity contribution >= 4 is 15.9 Å². The normalized spacial score (nSPS) is 17.2. The summed E-state index contributed by atoms with van der Waals surface area (Å²) >= 11 is 3.46. The summed E-state index contributed by atoms with van der Waals surface area (Å²) in [5, 5.41) is 0. The third-order valence-electron chi connectivity index (χ3n) is 1.46. The Bertz CT molecular complexity index is 114. The molecule has 0 aromatic heterocycles. The van der Waals surface area contributed by atoms with Crippen LogP contribution in [0.1, 0.15) is 32.6 Å². The molecule has 0 aromatic carbocycles. The van der Waals surface area contributed by atoms with E-state index in [1.54, 1.807) is 5.57 Å². The number of halogens is 1. The van der Waals surface area contributed by atoms with Crippen LogP contribution in [0, 0.1) is 0 Å². The van der Waals surface area contributed by atoms with E-state index in [9.17, 15) is 0 Å². The lowest BCUT2D eigenvalue weighted by molar-refractivity contribution is 0.799. The molecular weight excluding hydrogens is 164 g/mol. The lowest BCUT2D eigenvalue weighted by Crippen LogP contribution is -1.66. The second-order valence-electron chi connectivity index (χ2n) is 2.29. The maximum absolute atomic E-state index is 3.46. The Kier molecular flexibility index (Phi) is 2.12. The van der Waals surface area contributed by atoms with Gasteiger partial charge in [-0.1, -0.05) is 34.8 Å². The summed E-state index contributed by atoms with van der Waals surface area (Å²) in [6.07, 6.45) is 5.28. The zero-order chi connectivity index (χ0) is 5.98. The van der Waals surface area contributed by atoms with E-state index in [0.717, 1.165) is 0 Å². The van der Waals surface area contributed by atoms with Crippen LogP contribution < -0.4 is 0 Å². The molecule has 0 atom stereocenters. The van der Waals surface area contributed by atoms with Gasteiger partial charge in [-0.25, -0.2) is 0 Å². The van der Waals surface area contributed by atoms with Gasteiger partial charge in [-0.3, -0.25) is 0 Å². The van der Waals surface area contributed by atoms with E-state index in [4.69, 9.17) is 0 Å². The molecule has 0 saturated carbocycles. The summed E-state index contributed by atoms with van der Waals surface area (Å²) in [5.41, 5.74) is 1.65. The second kappa shape index (κ2) is 2.67. The molecule has 0 N–H and O–H groups in total. The van der Waals surface area contributed by atoms with Gasteiger partial charge in [0.2, 0.25) is 0 Å². The van der Waals surface area contributed by atoms with Gasteiger partial charge in [0.05, 0.1) is 0 Å². The predicted molar refractivity (Wildman–Crippen MR) is 40.1 cm³/mol. The summed E-state index contributed by atoms with van der Waals surface area (Å²) in [5.74, 6) is 0. The third kappa shape index (κ3) is 1.62. The highest BCUT2D eigenvalue weighted by molar-refractivity contribution is 9.12. The molecule has 1 rings (SSSR count). The Labute approximate surface area is 59.1 Å². The van der Waals surface area contributed by atoms with Gasteiger partial charge in [-0.2, -0.15) is 0 Å². The van der Waals surface area contributed by atoms with Gasteiger partial charge in [-0.05, 0) is 17.3 Å². The van der Waals surface area contributed by atoms with Crippen LogP contribution in [-0.2, 0) is 0 Å². The van der Waals surface area contributed by atoms with Crippen LogP contribution in [-0.4, -0.2) is 0 Å². The lowest BCUT2D eigenvalue weighted by Gasteiger charge is -1.85. The molecular formula is C7H11Br. The van der Waals surface area contributed by atoms with E-state index in [1.165, 1.54) is 30.2 Å². The summed E-state index contributed by atoms with van der Waals surface area (Å²) in [4.78, 5) is 0. The Hall–Kier alpha value is 0.220. The SMILES string of the molecule is CCCCC1=C(Br)C1. The van der Waals surface area contributed by atoms with Gasteiger partial charge in [0.25, 0.3) is 0 Å². The molecule has 0 radical (unpaired) electrons. The van der Waals surface area contributed by atoms with Crippen molar-refractivity contribution in [3.8, 4) is 0 Å². The molecule has 46 valence electrons. The Morgan fingerprint density at radius 3 is 2.62 bits per heavy atom. The fourth-order valence-corrected chi connectivity index (χ4v) is 1.29. The molecule has 0 heterocycles. The maximum atomic E-state index is 3.46. The average Bonchev–Trinajstić information content (AvgIpc) is 2.42. The first-order valence-corrected chi connectivity index (χ1v) is 4.00. The van der Waals surface area contributed by atoms with Crippen LogP contribution in [0.5, 0.6) is 0 Å². The van der Waals surface area contributed by atoms with E-state index in [1.807, 2.05) is 0 Å². The lowest BCUT2D eigenvalue weighted by atomic mass is 10.2. The van der Waals surface area contributed by atoms with E-state index < -0.39 is 0 Å². The number of rotatable bonds is 3. The molecule has 0 saturated heterocycles. The third-order valence-corrected chi connectivity index (χ3v) is 2.30. The summed E-state index contributed by atoms with van der Waals surface area (Å²) in [6, 6.07) is 0. The fourth-order valence-electron chi connectivity index (χ4n) is 0.757. The Morgan fingerprint density at radius 2 is 2.25 bits per heavy atom. The number of allylic oxidation sites excluding steroid dienone is 2. The summed E-state index contributed by atoms with van der Waals surface area (Å²) in [7, 11) is 0. The molecule has 0 amide bonds. The number of unbranched alkanes of at least 4 members (excludes halogenated alkanes) is 1. The van der Waals surface area contributed by atoms with Gasteiger partial charge >= 0.3 is 0 Å². The van der Waals surface area contributed by atoms with Crippen molar-refractivity contribution in [2.45, 2.75) is 32.6 Å². The molecule has 0 unspecified atom stereocenters. The van der Waals surface area contributed by atoms with Crippen molar-refractivity contribution in [3.05, 3.63) is 10.1 Å². The van der Waals surface area contributed by atoms with Gasteiger partial charge in [0.15, 0.2) is 0 Å². The highest BCUT2D eigenvalue weighted by Crippen LogP contribution is 2.39. The van der Waals surface area contributed by atoms with Gasteiger partial charge in [0, 0.05) is 6.42 Å². The zero-order valence-corrected chi connectivity index (χ0v) is 6.79. The van der Waals surface area contributed by atoms with Crippen molar-refractivity contribution in [3.63, 3.8) is 0 Å². The fraction of sp³-hybridized carbons (Fsp3) is 0.714. The van der Waals surface area contributed by atoms with Crippen LogP contribution in [0.2, 0.25) is 0 Å². The van der Waals surface area contributed by atoms with Crippen LogP contribution >= 0.6 is 15.9 Å². The van der Waals surface area contributed by atoms with Gasteiger partial charge in [-0.15, -0.1) is 0 Å². The summed E-state index contributed by atoms with van der Waals surface area (Å²) < 4.78 is 1.46. The van der Waals surface area contributed by atoms with Crippen molar-refractivity contribution in [1.82, 2.24) is 0 Å².